The van der Waals surface area contributed by atoms with Gasteiger partial charge in [-0.25, -0.2) is 9.79 Å². The van der Waals surface area contributed by atoms with E-state index in [4.69, 9.17) is 4.74 Å². The topological polar surface area (TPSA) is 53.9 Å². The first-order valence-corrected chi connectivity index (χ1v) is 9.96. The van der Waals surface area contributed by atoms with Crippen LogP contribution in [-0.2, 0) is 22.3 Å². The van der Waals surface area contributed by atoms with Crippen LogP contribution in [0.1, 0.15) is 29.7 Å². The number of benzene rings is 2. The van der Waals surface area contributed by atoms with Gasteiger partial charge >= 0.3 is 12.1 Å². The highest BCUT2D eigenvalue weighted by atomic mass is 19.4. The maximum atomic E-state index is 13.6. The van der Waals surface area contributed by atoms with Gasteiger partial charge in [-0.15, -0.1) is 6.58 Å². The number of nitrogens with zero attached hydrogens (tertiary/aromatic N) is 2. The second kappa shape index (κ2) is 9.72. The van der Waals surface area contributed by atoms with E-state index in [1.807, 2.05) is 30.3 Å². The molecule has 1 unspecified atom stereocenters. The zero-order valence-electron chi connectivity index (χ0n) is 17.8. The number of esters is 1. The van der Waals surface area contributed by atoms with Crippen molar-refractivity contribution in [1.82, 2.24) is 10.2 Å². The third-order valence-electron chi connectivity index (χ3n) is 5.17. The van der Waals surface area contributed by atoms with Gasteiger partial charge in [0.1, 0.15) is 0 Å². The molecule has 1 N–H and O–H groups in total. The highest BCUT2D eigenvalue weighted by Crippen LogP contribution is 2.35. The van der Waals surface area contributed by atoms with E-state index in [-0.39, 0.29) is 18.7 Å². The largest absolute Gasteiger partial charge is 0.466 e. The van der Waals surface area contributed by atoms with Crippen LogP contribution in [0.4, 0.5) is 13.2 Å². The molecule has 0 saturated carbocycles. The van der Waals surface area contributed by atoms with Gasteiger partial charge in [-0.2, -0.15) is 13.2 Å². The number of methoxy groups -OCH3 is 1. The predicted molar refractivity (Wildman–Crippen MR) is 117 cm³/mol. The SMILES string of the molecule is C=CCN=C1NC(c2ccccc2)C(C(=O)OC)=C(C)N1Cc1ccccc1C(F)(F)F. The molecule has 8 heteroatoms. The number of aliphatic imine (C=N–C) groups is 1. The van der Waals surface area contributed by atoms with Crippen LogP contribution in [-0.4, -0.2) is 30.5 Å². The van der Waals surface area contributed by atoms with Crippen molar-refractivity contribution in [2.75, 3.05) is 13.7 Å². The van der Waals surface area contributed by atoms with Gasteiger partial charge < -0.3 is 15.0 Å². The van der Waals surface area contributed by atoms with E-state index in [0.29, 0.717) is 17.2 Å². The van der Waals surface area contributed by atoms with Gasteiger partial charge in [-0.05, 0) is 24.1 Å². The molecule has 2 aromatic rings. The fourth-order valence-electron chi connectivity index (χ4n) is 3.64. The average Bonchev–Trinajstić information content (AvgIpc) is 2.79. The highest BCUT2D eigenvalue weighted by molar-refractivity contribution is 5.96. The molecule has 0 radical (unpaired) electrons. The van der Waals surface area contributed by atoms with Crippen LogP contribution in [0.15, 0.2) is 83.5 Å². The molecule has 1 heterocycles. The van der Waals surface area contributed by atoms with E-state index in [0.717, 1.165) is 11.6 Å². The zero-order chi connectivity index (χ0) is 23.3. The molecule has 0 saturated heterocycles. The summed E-state index contributed by atoms with van der Waals surface area (Å²) in [4.78, 5) is 18.8. The Morgan fingerprint density at radius 3 is 2.47 bits per heavy atom. The molecule has 32 heavy (non-hydrogen) atoms. The van der Waals surface area contributed by atoms with Crippen LogP contribution in [0.5, 0.6) is 0 Å². The molecular formula is C24H24F3N3O2. The van der Waals surface area contributed by atoms with Gasteiger partial charge in [0.05, 0.1) is 37.4 Å². The van der Waals surface area contributed by atoms with E-state index in [1.165, 1.54) is 19.2 Å². The summed E-state index contributed by atoms with van der Waals surface area (Å²) < 4.78 is 45.7. The quantitative estimate of drug-likeness (QED) is 0.513. The van der Waals surface area contributed by atoms with Crippen molar-refractivity contribution in [3.05, 3.63) is 95.2 Å². The molecule has 3 rings (SSSR count). The number of guanidine groups is 1. The van der Waals surface area contributed by atoms with Crippen molar-refractivity contribution >= 4 is 11.9 Å². The van der Waals surface area contributed by atoms with Gasteiger partial charge in [0.25, 0.3) is 0 Å². The Labute approximate surface area is 184 Å². The van der Waals surface area contributed by atoms with Gasteiger partial charge in [0.2, 0.25) is 0 Å². The molecule has 0 amide bonds. The first kappa shape index (κ1) is 23.1. The number of hydrogen-bond donors (Lipinski definition) is 1. The normalized spacial score (nSPS) is 17.8. The van der Waals surface area contributed by atoms with Gasteiger partial charge in [-0.1, -0.05) is 54.6 Å². The third-order valence-corrected chi connectivity index (χ3v) is 5.17. The second-order valence-corrected chi connectivity index (χ2v) is 7.17. The Kier molecular flexibility index (Phi) is 7.02. The minimum atomic E-state index is -4.51. The average molecular weight is 443 g/mol. The van der Waals surface area contributed by atoms with Crippen molar-refractivity contribution in [2.24, 2.45) is 4.99 Å². The van der Waals surface area contributed by atoms with Gasteiger partial charge in [0, 0.05) is 5.70 Å². The second-order valence-electron chi connectivity index (χ2n) is 7.17. The molecule has 1 atom stereocenters. The highest BCUT2D eigenvalue weighted by Gasteiger charge is 2.37. The first-order chi connectivity index (χ1) is 15.3. The Hall–Kier alpha value is -3.55. The number of hydrogen-bond acceptors (Lipinski definition) is 3. The minimum absolute atomic E-state index is 0.0647. The number of carbonyl (C=O) groups is 1. The van der Waals surface area contributed by atoms with Crippen molar-refractivity contribution in [3.8, 4) is 0 Å². The number of halogens is 3. The monoisotopic (exact) mass is 443 g/mol. The smallest absolute Gasteiger partial charge is 0.416 e. The number of ether oxygens (including phenoxy) is 1. The molecule has 0 fully saturated rings. The molecular weight excluding hydrogens is 419 g/mol. The lowest BCUT2D eigenvalue weighted by molar-refractivity contribution is -0.139. The molecule has 0 aliphatic carbocycles. The van der Waals surface area contributed by atoms with E-state index in [2.05, 4.69) is 16.9 Å². The summed E-state index contributed by atoms with van der Waals surface area (Å²) in [5, 5.41) is 3.22. The minimum Gasteiger partial charge on any atom is -0.466 e. The third kappa shape index (κ3) is 4.85. The Balaban J connectivity index is 2.15. The summed E-state index contributed by atoms with van der Waals surface area (Å²) in [5.74, 6) is -0.221. The fourth-order valence-corrected chi connectivity index (χ4v) is 3.64. The molecule has 0 bridgehead atoms. The maximum Gasteiger partial charge on any atom is 0.416 e. The van der Waals surface area contributed by atoms with Crippen molar-refractivity contribution < 1.29 is 22.7 Å². The van der Waals surface area contributed by atoms with Crippen LogP contribution in [0.2, 0.25) is 0 Å². The van der Waals surface area contributed by atoms with E-state index in [9.17, 15) is 18.0 Å². The molecule has 0 spiro atoms. The maximum absolute atomic E-state index is 13.6. The summed E-state index contributed by atoms with van der Waals surface area (Å²) in [6.07, 6.45) is -2.92. The lowest BCUT2D eigenvalue weighted by Crippen LogP contribution is -2.49. The van der Waals surface area contributed by atoms with Crippen molar-refractivity contribution in [3.63, 3.8) is 0 Å². The lowest BCUT2D eigenvalue weighted by atomic mass is 9.94. The lowest BCUT2D eigenvalue weighted by Gasteiger charge is -2.38. The zero-order valence-corrected chi connectivity index (χ0v) is 17.8. The molecule has 1 aliphatic rings. The Bertz CT molecular complexity index is 1050. The van der Waals surface area contributed by atoms with E-state index in [1.54, 1.807) is 24.0 Å². The fraction of sp³-hybridized carbons (Fsp3) is 0.250. The van der Waals surface area contributed by atoms with Crippen LogP contribution >= 0.6 is 0 Å². The molecule has 0 aromatic heterocycles. The standard InChI is InChI=1S/C24H24F3N3O2/c1-4-14-28-23-29-21(17-10-6-5-7-11-17)20(22(31)32-3)16(2)30(23)15-18-12-8-9-13-19(18)24(25,26)27/h4-13,21H,1,14-15H2,2-3H3,(H,28,29). The van der Waals surface area contributed by atoms with Gasteiger partial charge in [-0.3, -0.25) is 0 Å². The number of alkyl halides is 3. The first-order valence-electron chi connectivity index (χ1n) is 9.96. The predicted octanol–water partition coefficient (Wildman–Crippen LogP) is 4.84. The number of rotatable bonds is 6. The summed E-state index contributed by atoms with van der Waals surface area (Å²) in [5.41, 5.74) is 0.898. The van der Waals surface area contributed by atoms with Gasteiger partial charge in [0.15, 0.2) is 5.96 Å². The van der Waals surface area contributed by atoms with Crippen molar-refractivity contribution in [1.29, 1.82) is 0 Å². The van der Waals surface area contributed by atoms with Crippen LogP contribution in [0, 0.1) is 0 Å². The van der Waals surface area contributed by atoms with Crippen LogP contribution in [0.25, 0.3) is 0 Å². The summed E-state index contributed by atoms with van der Waals surface area (Å²) in [6, 6.07) is 14.0. The Morgan fingerprint density at radius 1 is 1.19 bits per heavy atom. The number of allylic oxidation sites excluding steroid dienone is 1. The molecule has 168 valence electrons. The molecule has 1 aliphatic heterocycles. The molecule has 5 nitrogen and oxygen atoms in total. The van der Waals surface area contributed by atoms with Crippen LogP contribution in [0.3, 0.4) is 0 Å². The molecule has 2 aromatic carbocycles. The van der Waals surface area contributed by atoms with Crippen molar-refractivity contribution in [2.45, 2.75) is 25.7 Å². The van der Waals surface area contributed by atoms with E-state index >= 15 is 0 Å². The summed E-state index contributed by atoms with van der Waals surface area (Å²) >= 11 is 0. The van der Waals surface area contributed by atoms with Crippen LogP contribution < -0.4 is 5.32 Å². The Morgan fingerprint density at radius 2 is 1.84 bits per heavy atom. The summed E-state index contributed by atoms with van der Waals surface area (Å²) in [6.45, 7) is 5.47. The number of carbonyl (C=O) groups excluding carboxylic acids is 1. The number of nitrogens with one attached hydrogen (secondary N) is 1. The van der Waals surface area contributed by atoms with E-state index < -0.39 is 23.8 Å². The summed E-state index contributed by atoms with van der Waals surface area (Å²) in [7, 11) is 1.27.